The molecule has 3 N–H and O–H groups in total. The second-order valence-corrected chi connectivity index (χ2v) is 16.3. The average Bonchev–Trinajstić information content (AvgIpc) is 3.41. The van der Waals surface area contributed by atoms with Crippen molar-refractivity contribution in [1.82, 2.24) is 20.3 Å². The molecular weight excluding hydrogens is 729 g/mol. The van der Waals surface area contributed by atoms with E-state index in [9.17, 15) is 31.5 Å². The van der Waals surface area contributed by atoms with Gasteiger partial charge in [0.05, 0.1) is 5.92 Å². The van der Waals surface area contributed by atoms with Crippen molar-refractivity contribution in [3.8, 4) is 0 Å². The molecule has 0 spiro atoms. The quantitative estimate of drug-likeness (QED) is 0.125. The first-order valence-electron chi connectivity index (χ1n) is 15.4. The van der Waals surface area contributed by atoms with Gasteiger partial charge in [-0.05, 0) is 38.5 Å². The summed E-state index contributed by atoms with van der Waals surface area (Å²) in [7, 11) is 0. The molecular formula is C31H36AsCl2F5N6O2. The zero-order valence-corrected chi connectivity index (χ0v) is 29.7. The summed E-state index contributed by atoms with van der Waals surface area (Å²) in [4.78, 5) is 40.1. The summed E-state index contributed by atoms with van der Waals surface area (Å²) in [6.45, 7) is 6.12. The van der Waals surface area contributed by atoms with Crippen LogP contribution in [0, 0.1) is 17.2 Å². The van der Waals surface area contributed by atoms with Gasteiger partial charge in [0.2, 0.25) is 0 Å². The number of hydrogen-bond acceptors (Lipinski definition) is 6. The van der Waals surface area contributed by atoms with Crippen LogP contribution in [0.2, 0.25) is 10.0 Å². The Labute approximate surface area is 285 Å². The molecule has 1 unspecified atom stereocenters. The summed E-state index contributed by atoms with van der Waals surface area (Å²) in [5.41, 5.74) is 0.678. The van der Waals surface area contributed by atoms with Crippen molar-refractivity contribution in [2.75, 3.05) is 23.3 Å². The van der Waals surface area contributed by atoms with E-state index in [0.29, 0.717) is 23.9 Å². The van der Waals surface area contributed by atoms with Crippen LogP contribution in [-0.4, -0.2) is 72.7 Å². The van der Waals surface area contributed by atoms with Gasteiger partial charge in [-0.2, -0.15) is 13.2 Å². The standard InChI is InChI=1S/C31H36AsCl2F5N6O2/c1-30(2,3)28(47)32-14-15-12-20(36)23(34)24(22(15)33)42-29-41-21-13-19(26(43-25(21)44-29)45-10-8-17(35)9-11-45)27(46)40-18-6-4-16(5-7-18)31(37,38)39/h12-13,16-18,32H,4-11,14H2,1-3H3,(H,40,46)(H2,41,42,43,44). The molecule has 1 aromatic carbocycles. The molecule has 1 saturated carbocycles. The fourth-order valence-corrected chi connectivity index (χ4v) is 8.92. The monoisotopic (exact) mass is 764 g/mol. The summed E-state index contributed by atoms with van der Waals surface area (Å²) in [5, 5.41) is 5.98. The Balaban J connectivity index is 1.42. The number of carbonyl (C=O) groups is 2. The number of aromatic amines is 1. The maximum atomic E-state index is 14.9. The van der Waals surface area contributed by atoms with Crippen molar-refractivity contribution < 1.29 is 31.5 Å². The molecule has 1 amide bonds. The van der Waals surface area contributed by atoms with Crippen molar-refractivity contribution in [2.45, 2.75) is 82.9 Å². The molecule has 2 fully saturated rings. The minimum absolute atomic E-state index is 0.0508. The first-order chi connectivity index (χ1) is 22.0. The van der Waals surface area contributed by atoms with Crippen LogP contribution in [0.3, 0.4) is 0 Å². The molecule has 0 radical (unpaired) electrons. The number of amides is 1. The van der Waals surface area contributed by atoms with Gasteiger partial charge in [-0.3, -0.25) is 0 Å². The molecule has 256 valence electrons. The second-order valence-electron chi connectivity index (χ2n) is 13.1. The SMILES string of the molecule is CC(C)(C)C(=O)[AsH]Cc1cc(F)c(Cl)c(Nc2nc3cc(C(=O)NC4CCC(C(F)(F)F)CC4)c(N4CCC(F)CC4)nc3[nH]2)c1Cl. The molecule has 2 aliphatic rings. The van der Waals surface area contributed by atoms with E-state index in [0.717, 1.165) is 0 Å². The number of nitrogens with zero attached hydrogens (tertiary/aromatic N) is 3. The topological polar surface area (TPSA) is 103 Å². The van der Waals surface area contributed by atoms with E-state index in [-0.39, 0.29) is 87.3 Å². The Bertz CT molecular complexity index is 1650. The number of halogens is 7. The normalized spacial score (nSPS) is 19.9. The van der Waals surface area contributed by atoms with Gasteiger partial charge >= 0.3 is 212 Å². The van der Waals surface area contributed by atoms with E-state index in [2.05, 4.69) is 25.6 Å². The zero-order valence-electron chi connectivity index (χ0n) is 26.1. The summed E-state index contributed by atoms with van der Waals surface area (Å²) in [6, 6.07) is 2.30. The number of nitrogens with one attached hydrogen (secondary N) is 3. The van der Waals surface area contributed by atoms with E-state index >= 15 is 0 Å². The Morgan fingerprint density at radius 2 is 1.68 bits per heavy atom. The molecule has 1 atom stereocenters. The predicted octanol–water partition coefficient (Wildman–Crippen LogP) is 7.45. The minimum atomic E-state index is -4.26. The average molecular weight is 765 g/mol. The van der Waals surface area contributed by atoms with Gasteiger partial charge in [-0.25, -0.2) is 4.39 Å². The van der Waals surface area contributed by atoms with Gasteiger partial charge < -0.3 is 0 Å². The van der Waals surface area contributed by atoms with Gasteiger partial charge in [0.25, 0.3) is 0 Å². The number of hydrogen-bond donors (Lipinski definition) is 3. The number of imidazole rings is 1. The number of anilines is 3. The number of rotatable bonds is 8. The van der Waals surface area contributed by atoms with Crippen LogP contribution in [0.25, 0.3) is 11.2 Å². The van der Waals surface area contributed by atoms with Crippen molar-refractivity contribution in [3.63, 3.8) is 0 Å². The Hall–Kier alpha value is -2.63. The number of benzene rings is 1. The molecule has 2 aromatic heterocycles. The predicted molar refractivity (Wildman–Crippen MR) is 175 cm³/mol. The Morgan fingerprint density at radius 3 is 2.30 bits per heavy atom. The molecule has 3 aromatic rings. The summed E-state index contributed by atoms with van der Waals surface area (Å²) in [5.74, 6) is -2.23. The van der Waals surface area contributed by atoms with E-state index in [1.54, 1.807) is 4.90 Å². The molecule has 47 heavy (non-hydrogen) atoms. The van der Waals surface area contributed by atoms with Gasteiger partial charge in [0, 0.05) is 6.04 Å². The molecule has 1 aliphatic heterocycles. The number of piperidine rings is 1. The molecule has 0 bridgehead atoms. The first-order valence-corrected chi connectivity index (χ1v) is 18.7. The van der Waals surface area contributed by atoms with E-state index in [1.165, 1.54) is 12.1 Å². The summed E-state index contributed by atoms with van der Waals surface area (Å²) >= 11 is 11.8. The van der Waals surface area contributed by atoms with Crippen molar-refractivity contribution in [3.05, 3.63) is 39.1 Å². The molecule has 3 heterocycles. The number of pyridine rings is 1. The molecule has 5 rings (SSSR count). The summed E-state index contributed by atoms with van der Waals surface area (Å²) < 4.78 is 68.5. The van der Waals surface area contributed by atoms with Crippen LogP contribution in [0.5, 0.6) is 0 Å². The van der Waals surface area contributed by atoms with E-state index in [4.69, 9.17) is 23.2 Å². The van der Waals surface area contributed by atoms with E-state index < -0.39 is 57.2 Å². The van der Waals surface area contributed by atoms with Crippen LogP contribution in [0.4, 0.5) is 39.4 Å². The van der Waals surface area contributed by atoms with Gasteiger partial charge in [0.15, 0.2) is 0 Å². The first kappa shape index (κ1) is 35.7. The van der Waals surface area contributed by atoms with Crippen molar-refractivity contribution >= 4 is 78.0 Å². The molecule has 16 heteroatoms. The Morgan fingerprint density at radius 1 is 1.02 bits per heavy atom. The van der Waals surface area contributed by atoms with Gasteiger partial charge in [-0.1, -0.05) is 0 Å². The number of alkyl halides is 4. The zero-order chi connectivity index (χ0) is 34.3. The third kappa shape index (κ3) is 8.33. The molecule has 1 saturated heterocycles. The second kappa shape index (κ2) is 14.1. The summed E-state index contributed by atoms with van der Waals surface area (Å²) in [6.07, 6.45) is -4.50. The number of aromatic nitrogens is 3. The third-order valence-electron chi connectivity index (χ3n) is 8.54. The number of carbonyl (C=O) groups excluding carboxylic acids is 2. The van der Waals surface area contributed by atoms with Crippen LogP contribution < -0.4 is 15.5 Å². The van der Waals surface area contributed by atoms with Crippen LogP contribution >= 0.6 is 23.2 Å². The van der Waals surface area contributed by atoms with Crippen molar-refractivity contribution in [2.24, 2.45) is 11.3 Å². The number of H-pyrrole nitrogens is 1. The fourth-order valence-electron chi connectivity index (χ4n) is 5.74. The van der Waals surface area contributed by atoms with Gasteiger partial charge in [0.1, 0.15) is 6.17 Å². The van der Waals surface area contributed by atoms with Gasteiger partial charge in [-0.15, -0.1) is 0 Å². The Kier molecular flexibility index (Phi) is 10.7. The number of fused-ring (bicyclic) bond motifs is 1. The van der Waals surface area contributed by atoms with Crippen LogP contribution in [0.15, 0.2) is 12.1 Å². The molecule has 8 nitrogen and oxygen atoms in total. The molecule has 1 aliphatic carbocycles. The fraction of sp³-hybridized carbons (Fsp3) is 0.548. The van der Waals surface area contributed by atoms with Crippen molar-refractivity contribution in [1.29, 1.82) is 0 Å². The van der Waals surface area contributed by atoms with E-state index in [1.807, 2.05) is 20.8 Å². The van der Waals surface area contributed by atoms with Crippen LogP contribution in [0.1, 0.15) is 75.2 Å². The third-order valence-corrected chi connectivity index (χ3v) is 12.8. The maximum absolute atomic E-state index is 14.9. The van der Waals surface area contributed by atoms with Crippen LogP contribution in [-0.2, 0) is 10.0 Å².